The molecule has 10 heavy (non-hydrogen) atoms. The van der Waals surface area contributed by atoms with Crippen molar-refractivity contribution >= 4 is 0 Å². The van der Waals surface area contributed by atoms with Crippen molar-refractivity contribution in [2.24, 2.45) is 11.5 Å². The number of nitrogens with zero attached hydrogens (tertiary/aromatic N) is 1. The van der Waals surface area contributed by atoms with Crippen LogP contribution < -0.4 is 16.8 Å². The summed E-state index contributed by atoms with van der Waals surface area (Å²) in [5.41, 5.74) is 11.0. The fourth-order valence-electron chi connectivity index (χ4n) is 0.535. The summed E-state index contributed by atoms with van der Waals surface area (Å²) in [6, 6.07) is 0. The lowest BCUT2D eigenvalue weighted by atomic mass is 10.4. The first-order chi connectivity index (χ1) is 4.68. The zero-order valence-corrected chi connectivity index (χ0v) is 6.80. The quantitative estimate of drug-likeness (QED) is 0.322. The predicted molar refractivity (Wildman–Crippen MR) is 43.6 cm³/mol. The van der Waals surface area contributed by atoms with Gasteiger partial charge in [-0.2, -0.15) is 0 Å². The van der Waals surface area contributed by atoms with Crippen molar-refractivity contribution in [3.8, 4) is 0 Å². The molecule has 4 heteroatoms. The molecule has 0 aromatic rings. The van der Waals surface area contributed by atoms with Crippen molar-refractivity contribution in [1.82, 2.24) is 10.2 Å². The highest BCUT2D eigenvalue weighted by molar-refractivity contribution is 4.60. The highest BCUT2D eigenvalue weighted by atomic mass is 15.2. The maximum Gasteiger partial charge on any atom is 0.0695 e. The van der Waals surface area contributed by atoms with Gasteiger partial charge >= 0.3 is 0 Å². The molecule has 0 saturated heterocycles. The molecule has 1 unspecified atom stereocenters. The number of nitrogens with one attached hydrogen (secondary N) is 1. The van der Waals surface area contributed by atoms with Gasteiger partial charge in [-0.3, -0.25) is 4.90 Å². The molecule has 0 heterocycles. The van der Waals surface area contributed by atoms with Gasteiger partial charge < -0.3 is 16.8 Å². The van der Waals surface area contributed by atoms with Gasteiger partial charge in [0.1, 0.15) is 0 Å². The molecule has 0 fully saturated rings. The van der Waals surface area contributed by atoms with Gasteiger partial charge in [0, 0.05) is 19.6 Å². The largest absolute Gasteiger partial charge is 0.329 e. The van der Waals surface area contributed by atoms with E-state index in [0.717, 1.165) is 13.1 Å². The van der Waals surface area contributed by atoms with Crippen LogP contribution in [0.3, 0.4) is 0 Å². The molecule has 4 nitrogen and oxygen atoms in total. The zero-order valence-electron chi connectivity index (χ0n) is 6.80. The lowest BCUT2D eigenvalue weighted by Gasteiger charge is -2.19. The van der Waals surface area contributed by atoms with E-state index >= 15 is 0 Å². The van der Waals surface area contributed by atoms with Crippen LogP contribution >= 0.6 is 0 Å². The fraction of sp³-hybridized carbons (Fsp3) is 1.00. The smallest absolute Gasteiger partial charge is 0.0695 e. The molecule has 0 spiro atoms. The summed E-state index contributed by atoms with van der Waals surface area (Å²) in [5, 5.41) is 3.12. The molecular formula is C6H18N4. The molecule has 5 N–H and O–H groups in total. The minimum atomic E-state index is 0.0894. The Balaban J connectivity index is 3.13. The van der Waals surface area contributed by atoms with Gasteiger partial charge in [0.2, 0.25) is 0 Å². The molecule has 0 saturated carbocycles. The van der Waals surface area contributed by atoms with Crippen LogP contribution in [-0.4, -0.2) is 44.8 Å². The van der Waals surface area contributed by atoms with E-state index in [-0.39, 0.29) is 6.17 Å². The monoisotopic (exact) mass is 146 g/mol. The van der Waals surface area contributed by atoms with E-state index in [1.807, 2.05) is 19.0 Å². The molecule has 0 aliphatic rings. The Hall–Kier alpha value is -0.160. The van der Waals surface area contributed by atoms with Crippen LogP contribution in [0.25, 0.3) is 0 Å². The molecule has 0 rings (SSSR count). The molecule has 0 aliphatic carbocycles. The second kappa shape index (κ2) is 5.61. The van der Waals surface area contributed by atoms with E-state index in [9.17, 15) is 0 Å². The lowest BCUT2D eigenvalue weighted by Crippen LogP contribution is -2.45. The van der Waals surface area contributed by atoms with E-state index in [0.29, 0.717) is 6.54 Å². The topological polar surface area (TPSA) is 67.3 Å². The molecule has 0 aromatic carbocycles. The molecular weight excluding hydrogens is 128 g/mol. The SMILES string of the molecule is CN(C)C(N)CNCCN. The van der Waals surface area contributed by atoms with Gasteiger partial charge in [-0.15, -0.1) is 0 Å². The van der Waals surface area contributed by atoms with Crippen molar-refractivity contribution in [3.05, 3.63) is 0 Å². The van der Waals surface area contributed by atoms with Gasteiger partial charge in [0.25, 0.3) is 0 Å². The van der Waals surface area contributed by atoms with Crippen LogP contribution in [0.4, 0.5) is 0 Å². The van der Waals surface area contributed by atoms with E-state index in [1.165, 1.54) is 0 Å². The third kappa shape index (κ3) is 4.69. The summed E-state index contributed by atoms with van der Waals surface area (Å²) < 4.78 is 0. The van der Waals surface area contributed by atoms with Crippen molar-refractivity contribution in [1.29, 1.82) is 0 Å². The second-order valence-corrected chi connectivity index (χ2v) is 2.52. The number of nitrogens with two attached hydrogens (primary N) is 2. The molecule has 62 valence electrons. The summed E-state index contributed by atoms with van der Waals surface area (Å²) in [6.45, 7) is 2.30. The number of rotatable bonds is 5. The first kappa shape index (κ1) is 9.84. The average molecular weight is 146 g/mol. The van der Waals surface area contributed by atoms with Gasteiger partial charge in [-0.05, 0) is 14.1 Å². The predicted octanol–water partition coefficient (Wildman–Crippen LogP) is -1.62. The van der Waals surface area contributed by atoms with Crippen LogP contribution in [0.1, 0.15) is 0 Å². The number of hydrogen-bond donors (Lipinski definition) is 3. The summed E-state index contributed by atoms with van der Waals surface area (Å²) in [7, 11) is 3.91. The Morgan fingerprint density at radius 1 is 1.50 bits per heavy atom. The van der Waals surface area contributed by atoms with Crippen molar-refractivity contribution in [3.63, 3.8) is 0 Å². The van der Waals surface area contributed by atoms with E-state index < -0.39 is 0 Å². The Bertz CT molecular complexity index is 74.1. The Morgan fingerprint density at radius 2 is 2.10 bits per heavy atom. The fourth-order valence-corrected chi connectivity index (χ4v) is 0.535. The van der Waals surface area contributed by atoms with Crippen LogP contribution in [-0.2, 0) is 0 Å². The van der Waals surface area contributed by atoms with E-state index in [4.69, 9.17) is 11.5 Å². The van der Waals surface area contributed by atoms with Gasteiger partial charge in [-0.1, -0.05) is 0 Å². The summed E-state index contributed by atoms with van der Waals surface area (Å²) in [5.74, 6) is 0. The van der Waals surface area contributed by atoms with Crippen molar-refractivity contribution in [2.75, 3.05) is 33.7 Å². The minimum absolute atomic E-state index is 0.0894. The number of likely N-dealkylation sites (N-methyl/N-ethyl adjacent to an activating group) is 1. The van der Waals surface area contributed by atoms with Gasteiger partial charge in [-0.25, -0.2) is 0 Å². The van der Waals surface area contributed by atoms with Gasteiger partial charge in [0.05, 0.1) is 6.17 Å². The second-order valence-electron chi connectivity index (χ2n) is 2.52. The Kier molecular flexibility index (Phi) is 5.52. The Morgan fingerprint density at radius 3 is 2.50 bits per heavy atom. The number of hydrogen-bond acceptors (Lipinski definition) is 4. The van der Waals surface area contributed by atoms with Crippen LogP contribution in [0.15, 0.2) is 0 Å². The maximum absolute atomic E-state index is 5.68. The third-order valence-electron chi connectivity index (χ3n) is 1.34. The molecule has 0 aliphatic heterocycles. The van der Waals surface area contributed by atoms with Crippen molar-refractivity contribution < 1.29 is 0 Å². The highest BCUT2D eigenvalue weighted by Crippen LogP contribution is 1.78. The van der Waals surface area contributed by atoms with Crippen LogP contribution in [0.5, 0.6) is 0 Å². The molecule has 0 bridgehead atoms. The molecule has 1 atom stereocenters. The molecule has 0 aromatic heterocycles. The maximum atomic E-state index is 5.68. The van der Waals surface area contributed by atoms with Crippen molar-refractivity contribution in [2.45, 2.75) is 6.17 Å². The summed E-state index contributed by atoms with van der Waals surface area (Å²) in [4.78, 5) is 1.96. The summed E-state index contributed by atoms with van der Waals surface area (Å²) >= 11 is 0. The third-order valence-corrected chi connectivity index (χ3v) is 1.34. The standard InChI is InChI=1S/C6H18N4/c1-10(2)6(8)5-9-4-3-7/h6,9H,3-5,7-8H2,1-2H3. The minimum Gasteiger partial charge on any atom is -0.329 e. The normalized spacial score (nSPS) is 14.1. The summed E-state index contributed by atoms with van der Waals surface area (Å²) in [6.07, 6.45) is 0.0894. The van der Waals surface area contributed by atoms with Gasteiger partial charge in [0.15, 0.2) is 0 Å². The first-order valence-corrected chi connectivity index (χ1v) is 3.51. The average Bonchev–Trinajstić information content (AvgIpc) is 1.88. The molecule has 0 amide bonds. The van der Waals surface area contributed by atoms with Crippen LogP contribution in [0, 0.1) is 0 Å². The molecule has 0 radical (unpaired) electrons. The van der Waals surface area contributed by atoms with E-state index in [1.54, 1.807) is 0 Å². The zero-order chi connectivity index (χ0) is 7.98. The highest BCUT2D eigenvalue weighted by Gasteiger charge is 2.01. The van der Waals surface area contributed by atoms with Crippen LogP contribution in [0.2, 0.25) is 0 Å². The first-order valence-electron chi connectivity index (χ1n) is 3.51. The lowest BCUT2D eigenvalue weighted by molar-refractivity contribution is 0.291. The van der Waals surface area contributed by atoms with E-state index in [2.05, 4.69) is 5.32 Å². The Labute approximate surface area is 62.6 Å².